The summed E-state index contributed by atoms with van der Waals surface area (Å²) in [6.45, 7) is 0. The number of imide groups is 1. The Labute approximate surface area is 71.3 Å². The van der Waals surface area contributed by atoms with Crippen LogP contribution in [-0.2, 0) is 9.59 Å². The van der Waals surface area contributed by atoms with Gasteiger partial charge >= 0.3 is 0 Å². The number of likely N-dealkylation sites (N-methyl/N-ethyl adjacent to an activating group) is 1. The molecule has 1 saturated heterocycles. The van der Waals surface area contributed by atoms with Gasteiger partial charge in [0.2, 0.25) is 11.8 Å². The molecule has 68 valence electrons. The second kappa shape index (κ2) is 3.20. The number of nitrogens with one attached hydrogen (secondary N) is 1. The minimum Gasteiger partial charge on any atom is -0.284 e. The fourth-order valence-corrected chi connectivity index (χ4v) is 1.17. The standard InChI is InChI=1S/C7H13N3O2/c1-9(2)8-5-4-6(11)10(3)7(5)12/h5,8H,4H2,1-3H3. The van der Waals surface area contributed by atoms with E-state index in [1.807, 2.05) is 0 Å². The molecule has 5 heteroatoms. The molecule has 1 rings (SSSR count). The Kier molecular flexibility index (Phi) is 2.44. The predicted molar refractivity (Wildman–Crippen MR) is 43.0 cm³/mol. The average Bonchev–Trinajstić information content (AvgIpc) is 2.17. The lowest BCUT2D eigenvalue weighted by molar-refractivity contribution is -0.137. The third kappa shape index (κ3) is 1.62. The molecule has 0 saturated carbocycles. The third-order valence-corrected chi connectivity index (χ3v) is 1.80. The molecule has 1 aliphatic heterocycles. The first-order chi connectivity index (χ1) is 5.52. The van der Waals surface area contributed by atoms with E-state index in [1.165, 1.54) is 7.05 Å². The summed E-state index contributed by atoms with van der Waals surface area (Å²) >= 11 is 0. The molecule has 5 nitrogen and oxygen atoms in total. The molecule has 1 atom stereocenters. The molecule has 0 aromatic heterocycles. The first-order valence-electron chi connectivity index (χ1n) is 3.76. The van der Waals surface area contributed by atoms with Crippen molar-refractivity contribution in [2.45, 2.75) is 12.5 Å². The number of amides is 2. The molecule has 0 spiro atoms. The summed E-state index contributed by atoms with van der Waals surface area (Å²) in [5, 5.41) is 1.68. The van der Waals surface area contributed by atoms with Gasteiger partial charge in [-0.3, -0.25) is 14.5 Å². The number of hydrazine groups is 1. The molecule has 1 heterocycles. The van der Waals surface area contributed by atoms with E-state index >= 15 is 0 Å². The van der Waals surface area contributed by atoms with Crippen LogP contribution in [0.1, 0.15) is 6.42 Å². The molecule has 0 aromatic carbocycles. The van der Waals surface area contributed by atoms with E-state index < -0.39 is 0 Å². The van der Waals surface area contributed by atoms with Gasteiger partial charge in [0.25, 0.3) is 0 Å². The second-order valence-electron chi connectivity index (χ2n) is 3.07. The first-order valence-corrected chi connectivity index (χ1v) is 3.76. The van der Waals surface area contributed by atoms with Gasteiger partial charge in [-0.25, -0.2) is 10.4 Å². The van der Waals surface area contributed by atoms with Gasteiger partial charge in [-0.05, 0) is 0 Å². The Morgan fingerprint density at radius 2 is 2.08 bits per heavy atom. The van der Waals surface area contributed by atoms with Crippen LogP contribution in [0, 0.1) is 0 Å². The minimum atomic E-state index is -0.377. The molecule has 12 heavy (non-hydrogen) atoms. The first kappa shape index (κ1) is 9.15. The van der Waals surface area contributed by atoms with E-state index in [1.54, 1.807) is 19.1 Å². The van der Waals surface area contributed by atoms with Crippen molar-refractivity contribution in [2.24, 2.45) is 0 Å². The summed E-state index contributed by atoms with van der Waals surface area (Å²) in [5.41, 5.74) is 2.87. The summed E-state index contributed by atoms with van der Waals surface area (Å²) in [5.74, 6) is -0.284. The normalized spacial score (nSPS) is 24.3. The van der Waals surface area contributed by atoms with Crippen LogP contribution in [0.2, 0.25) is 0 Å². The largest absolute Gasteiger partial charge is 0.284 e. The Bertz CT molecular complexity index is 215. The summed E-state index contributed by atoms with van der Waals surface area (Å²) in [7, 11) is 5.08. The molecule has 1 aliphatic rings. The molecule has 2 amide bonds. The highest BCUT2D eigenvalue weighted by Gasteiger charge is 2.35. The molecule has 0 aromatic rings. The van der Waals surface area contributed by atoms with Crippen molar-refractivity contribution < 1.29 is 9.59 Å². The molecular formula is C7H13N3O2. The Morgan fingerprint density at radius 1 is 1.50 bits per heavy atom. The van der Waals surface area contributed by atoms with Gasteiger partial charge in [-0.1, -0.05) is 0 Å². The summed E-state index contributed by atoms with van der Waals surface area (Å²) in [4.78, 5) is 23.4. The quantitative estimate of drug-likeness (QED) is 0.419. The van der Waals surface area contributed by atoms with Gasteiger partial charge < -0.3 is 0 Å². The topological polar surface area (TPSA) is 52.7 Å². The van der Waals surface area contributed by atoms with Gasteiger partial charge in [0, 0.05) is 21.1 Å². The van der Waals surface area contributed by atoms with E-state index in [4.69, 9.17) is 0 Å². The number of likely N-dealkylation sites (tertiary alicyclic amines) is 1. The maximum absolute atomic E-state index is 11.3. The molecule has 0 bridgehead atoms. The van der Waals surface area contributed by atoms with Crippen LogP contribution in [0.25, 0.3) is 0 Å². The minimum absolute atomic E-state index is 0.126. The third-order valence-electron chi connectivity index (χ3n) is 1.80. The molecule has 0 radical (unpaired) electrons. The summed E-state index contributed by atoms with van der Waals surface area (Å²) < 4.78 is 0. The number of hydrogen-bond acceptors (Lipinski definition) is 4. The van der Waals surface area contributed by atoms with Crippen LogP contribution < -0.4 is 5.43 Å². The lowest BCUT2D eigenvalue weighted by Crippen LogP contribution is -2.44. The van der Waals surface area contributed by atoms with Crippen molar-refractivity contribution in [3.8, 4) is 0 Å². The van der Waals surface area contributed by atoms with Crippen molar-refractivity contribution in [1.29, 1.82) is 0 Å². The fraction of sp³-hybridized carbons (Fsp3) is 0.714. The molecule has 1 unspecified atom stereocenters. The van der Waals surface area contributed by atoms with Crippen LogP contribution in [0.5, 0.6) is 0 Å². The van der Waals surface area contributed by atoms with Gasteiger partial charge in [0.05, 0.1) is 6.42 Å². The van der Waals surface area contributed by atoms with E-state index in [0.29, 0.717) is 0 Å². The Hall–Kier alpha value is -0.940. The smallest absolute Gasteiger partial charge is 0.247 e. The number of rotatable bonds is 2. The maximum Gasteiger partial charge on any atom is 0.247 e. The van der Waals surface area contributed by atoms with Crippen molar-refractivity contribution in [1.82, 2.24) is 15.3 Å². The van der Waals surface area contributed by atoms with E-state index in [0.717, 1.165) is 4.90 Å². The number of hydrogen-bond donors (Lipinski definition) is 1. The van der Waals surface area contributed by atoms with Crippen molar-refractivity contribution in [2.75, 3.05) is 21.1 Å². The van der Waals surface area contributed by atoms with Crippen LogP contribution in [0.4, 0.5) is 0 Å². The van der Waals surface area contributed by atoms with Gasteiger partial charge in [0.15, 0.2) is 0 Å². The highest BCUT2D eigenvalue weighted by Crippen LogP contribution is 2.09. The lowest BCUT2D eigenvalue weighted by Gasteiger charge is -2.16. The van der Waals surface area contributed by atoms with Crippen LogP contribution in [0.15, 0.2) is 0 Å². The van der Waals surface area contributed by atoms with Gasteiger partial charge in [-0.2, -0.15) is 0 Å². The highest BCUT2D eigenvalue weighted by atomic mass is 16.2. The van der Waals surface area contributed by atoms with Crippen LogP contribution in [0.3, 0.4) is 0 Å². The number of carbonyl (C=O) groups is 2. The summed E-state index contributed by atoms with van der Waals surface area (Å²) in [6, 6.07) is -0.377. The zero-order chi connectivity index (χ0) is 9.30. The molecule has 0 aliphatic carbocycles. The second-order valence-corrected chi connectivity index (χ2v) is 3.07. The molecular weight excluding hydrogens is 158 g/mol. The predicted octanol–water partition coefficient (Wildman–Crippen LogP) is -1.19. The Morgan fingerprint density at radius 3 is 2.42 bits per heavy atom. The van der Waals surface area contributed by atoms with Gasteiger partial charge in [0.1, 0.15) is 6.04 Å². The van der Waals surface area contributed by atoms with Crippen molar-refractivity contribution in [3.63, 3.8) is 0 Å². The highest BCUT2D eigenvalue weighted by molar-refractivity contribution is 6.05. The zero-order valence-electron chi connectivity index (χ0n) is 7.50. The van der Waals surface area contributed by atoms with E-state index in [9.17, 15) is 9.59 Å². The molecule has 1 N–H and O–H groups in total. The van der Waals surface area contributed by atoms with Crippen LogP contribution in [-0.4, -0.2) is 48.9 Å². The van der Waals surface area contributed by atoms with Gasteiger partial charge in [-0.15, -0.1) is 0 Å². The Balaban J connectivity index is 2.59. The number of nitrogens with zero attached hydrogens (tertiary/aromatic N) is 2. The lowest BCUT2D eigenvalue weighted by atomic mass is 10.3. The SMILES string of the molecule is CN(C)NC1CC(=O)N(C)C1=O. The van der Waals surface area contributed by atoms with Crippen molar-refractivity contribution in [3.05, 3.63) is 0 Å². The van der Waals surface area contributed by atoms with E-state index in [-0.39, 0.29) is 24.3 Å². The van der Waals surface area contributed by atoms with E-state index in [2.05, 4.69) is 5.43 Å². The van der Waals surface area contributed by atoms with Crippen molar-refractivity contribution >= 4 is 11.8 Å². The zero-order valence-corrected chi connectivity index (χ0v) is 7.50. The molecule has 1 fully saturated rings. The average molecular weight is 171 g/mol. The van der Waals surface area contributed by atoms with Crippen LogP contribution >= 0.6 is 0 Å². The monoisotopic (exact) mass is 171 g/mol. The fourth-order valence-electron chi connectivity index (χ4n) is 1.17. The number of carbonyl (C=O) groups excluding carboxylic acids is 2. The summed E-state index contributed by atoms with van der Waals surface area (Å²) in [6.07, 6.45) is 0.257. The maximum atomic E-state index is 11.3.